The summed E-state index contributed by atoms with van der Waals surface area (Å²) in [6, 6.07) is 1.93. The Morgan fingerprint density at radius 2 is 2.06 bits per heavy atom. The summed E-state index contributed by atoms with van der Waals surface area (Å²) < 4.78 is 37.3. The molecule has 0 amide bonds. The molecule has 2 aromatic heterocycles. The molecular weight excluding hydrogens is 245 g/mol. The van der Waals surface area contributed by atoms with E-state index in [2.05, 4.69) is 20.3 Å². The number of anilines is 1. The SMILES string of the molecule is FC(F)(F)c1ccnc(NCCc2ncc[nH]2)c1. The predicted molar refractivity (Wildman–Crippen MR) is 60.0 cm³/mol. The summed E-state index contributed by atoms with van der Waals surface area (Å²) in [7, 11) is 0. The van der Waals surface area contributed by atoms with E-state index in [9.17, 15) is 13.2 Å². The molecule has 7 heteroatoms. The first-order chi connectivity index (χ1) is 8.55. The Morgan fingerprint density at radius 3 is 2.72 bits per heavy atom. The Kier molecular flexibility index (Phi) is 3.50. The summed E-state index contributed by atoms with van der Waals surface area (Å²) in [5, 5.41) is 2.82. The Bertz CT molecular complexity index is 493. The minimum Gasteiger partial charge on any atom is -0.370 e. The molecule has 0 unspecified atom stereocenters. The first kappa shape index (κ1) is 12.4. The lowest BCUT2D eigenvalue weighted by Crippen LogP contribution is -2.10. The van der Waals surface area contributed by atoms with Crippen molar-refractivity contribution in [2.45, 2.75) is 12.6 Å². The molecule has 0 atom stereocenters. The van der Waals surface area contributed by atoms with Crippen molar-refractivity contribution < 1.29 is 13.2 Å². The van der Waals surface area contributed by atoms with Crippen molar-refractivity contribution in [1.29, 1.82) is 0 Å². The van der Waals surface area contributed by atoms with Crippen LogP contribution in [0.2, 0.25) is 0 Å². The zero-order chi connectivity index (χ0) is 13.0. The van der Waals surface area contributed by atoms with Crippen molar-refractivity contribution >= 4 is 5.82 Å². The molecule has 0 aliphatic rings. The maximum atomic E-state index is 12.4. The summed E-state index contributed by atoms with van der Waals surface area (Å²) in [5.74, 6) is 0.978. The van der Waals surface area contributed by atoms with E-state index in [0.717, 1.165) is 24.2 Å². The Balaban J connectivity index is 1.93. The zero-order valence-electron chi connectivity index (χ0n) is 9.33. The number of hydrogen-bond donors (Lipinski definition) is 2. The highest BCUT2D eigenvalue weighted by molar-refractivity contribution is 5.38. The molecule has 96 valence electrons. The number of halogens is 3. The number of hydrogen-bond acceptors (Lipinski definition) is 3. The van der Waals surface area contributed by atoms with E-state index in [1.807, 2.05) is 0 Å². The van der Waals surface area contributed by atoms with Gasteiger partial charge in [0, 0.05) is 31.6 Å². The third-order valence-corrected chi connectivity index (χ3v) is 2.31. The molecule has 18 heavy (non-hydrogen) atoms. The van der Waals surface area contributed by atoms with Crippen molar-refractivity contribution in [3.63, 3.8) is 0 Å². The van der Waals surface area contributed by atoms with Gasteiger partial charge < -0.3 is 10.3 Å². The van der Waals surface area contributed by atoms with E-state index < -0.39 is 11.7 Å². The summed E-state index contributed by atoms with van der Waals surface area (Å²) in [6.45, 7) is 0.460. The number of nitrogens with zero attached hydrogens (tertiary/aromatic N) is 2. The molecule has 0 fully saturated rings. The third-order valence-electron chi connectivity index (χ3n) is 2.31. The number of nitrogens with one attached hydrogen (secondary N) is 2. The highest BCUT2D eigenvalue weighted by Crippen LogP contribution is 2.29. The van der Waals surface area contributed by atoms with Crippen molar-refractivity contribution in [3.8, 4) is 0 Å². The molecule has 0 aliphatic heterocycles. The molecule has 0 saturated heterocycles. The molecule has 0 radical (unpaired) electrons. The minimum absolute atomic E-state index is 0.205. The van der Waals surface area contributed by atoms with E-state index in [4.69, 9.17) is 0 Å². The second-order valence-corrected chi connectivity index (χ2v) is 3.64. The van der Waals surface area contributed by atoms with Crippen molar-refractivity contribution in [3.05, 3.63) is 42.1 Å². The lowest BCUT2D eigenvalue weighted by Gasteiger charge is -2.09. The van der Waals surface area contributed by atoms with Crippen LogP contribution in [0.1, 0.15) is 11.4 Å². The van der Waals surface area contributed by atoms with E-state index in [0.29, 0.717) is 13.0 Å². The molecule has 2 aromatic rings. The number of imidazole rings is 1. The van der Waals surface area contributed by atoms with Gasteiger partial charge in [-0.2, -0.15) is 13.2 Å². The Morgan fingerprint density at radius 1 is 1.22 bits per heavy atom. The van der Waals surface area contributed by atoms with E-state index in [-0.39, 0.29) is 5.82 Å². The zero-order valence-corrected chi connectivity index (χ0v) is 9.33. The second kappa shape index (κ2) is 5.07. The molecule has 0 aliphatic carbocycles. The number of aromatic nitrogens is 3. The highest BCUT2D eigenvalue weighted by atomic mass is 19.4. The van der Waals surface area contributed by atoms with Gasteiger partial charge in [-0.15, -0.1) is 0 Å². The van der Waals surface area contributed by atoms with Crippen LogP contribution < -0.4 is 5.32 Å². The summed E-state index contributed by atoms with van der Waals surface area (Å²) in [6.07, 6.45) is 0.694. The van der Waals surface area contributed by atoms with E-state index in [1.165, 1.54) is 0 Å². The smallest absolute Gasteiger partial charge is 0.370 e. The van der Waals surface area contributed by atoms with Crippen LogP contribution in [-0.2, 0) is 12.6 Å². The van der Waals surface area contributed by atoms with Gasteiger partial charge in [-0.25, -0.2) is 9.97 Å². The van der Waals surface area contributed by atoms with Gasteiger partial charge in [-0.05, 0) is 12.1 Å². The van der Waals surface area contributed by atoms with E-state index in [1.54, 1.807) is 12.4 Å². The average molecular weight is 256 g/mol. The second-order valence-electron chi connectivity index (χ2n) is 3.64. The van der Waals surface area contributed by atoms with Crippen LogP contribution in [0.25, 0.3) is 0 Å². The van der Waals surface area contributed by atoms with Crippen molar-refractivity contribution in [2.24, 2.45) is 0 Å². The highest BCUT2D eigenvalue weighted by Gasteiger charge is 2.30. The molecule has 0 aromatic carbocycles. The lowest BCUT2D eigenvalue weighted by molar-refractivity contribution is -0.137. The van der Waals surface area contributed by atoms with Crippen LogP contribution in [-0.4, -0.2) is 21.5 Å². The van der Waals surface area contributed by atoms with E-state index >= 15 is 0 Å². The van der Waals surface area contributed by atoms with Gasteiger partial charge >= 0.3 is 6.18 Å². The van der Waals surface area contributed by atoms with Crippen LogP contribution in [0.3, 0.4) is 0 Å². The van der Waals surface area contributed by atoms with Gasteiger partial charge in [0.25, 0.3) is 0 Å². The van der Waals surface area contributed by atoms with Crippen LogP contribution in [0.4, 0.5) is 19.0 Å². The lowest BCUT2D eigenvalue weighted by atomic mass is 10.2. The maximum absolute atomic E-state index is 12.4. The predicted octanol–water partition coefficient (Wildman–Crippen LogP) is 2.48. The summed E-state index contributed by atoms with van der Waals surface area (Å²) in [5.41, 5.74) is -0.710. The van der Waals surface area contributed by atoms with Crippen LogP contribution in [0.5, 0.6) is 0 Å². The topological polar surface area (TPSA) is 53.6 Å². The van der Waals surface area contributed by atoms with Crippen LogP contribution in [0.15, 0.2) is 30.7 Å². The minimum atomic E-state index is -4.35. The Hall–Kier alpha value is -2.05. The van der Waals surface area contributed by atoms with Gasteiger partial charge in [0.05, 0.1) is 5.56 Å². The number of pyridine rings is 1. The molecule has 0 saturated carbocycles. The number of alkyl halides is 3. The van der Waals surface area contributed by atoms with Crippen LogP contribution >= 0.6 is 0 Å². The average Bonchev–Trinajstić information content (AvgIpc) is 2.81. The standard InChI is InChI=1S/C11H11F3N4/c12-11(13,14)8-1-3-15-10(7-8)16-4-2-9-17-5-6-18-9/h1,3,5-7H,2,4H2,(H,15,16)(H,17,18). The first-order valence-electron chi connectivity index (χ1n) is 5.31. The number of aromatic amines is 1. The molecule has 0 bridgehead atoms. The fraction of sp³-hybridized carbons (Fsp3) is 0.273. The van der Waals surface area contributed by atoms with Gasteiger partial charge in [0.1, 0.15) is 11.6 Å². The first-order valence-corrected chi connectivity index (χ1v) is 5.31. The summed E-state index contributed by atoms with van der Waals surface area (Å²) in [4.78, 5) is 10.7. The molecule has 0 spiro atoms. The van der Waals surface area contributed by atoms with Crippen molar-refractivity contribution in [1.82, 2.24) is 15.0 Å². The number of rotatable bonds is 4. The third kappa shape index (κ3) is 3.22. The molecule has 2 N–H and O–H groups in total. The Labute approximate surface area is 101 Å². The quantitative estimate of drug-likeness (QED) is 0.883. The molecule has 4 nitrogen and oxygen atoms in total. The summed E-state index contributed by atoms with van der Waals surface area (Å²) >= 11 is 0. The molecular formula is C11H11F3N4. The van der Waals surface area contributed by atoms with Gasteiger partial charge in [0.15, 0.2) is 0 Å². The van der Waals surface area contributed by atoms with Gasteiger partial charge in [-0.3, -0.25) is 0 Å². The molecule has 2 heterocycles. The van der Waals surface area contributed by atoms with Gasteiger partial charge in [-0.1, -0.05) is 0 Å². The normalized spacial score (nSPS) is 11.5. The van der Waals surface area contributed by atoms with Crippen LogP contribution in [0, 0.1) is 0 Å². The van der Waals surface area contributed by atoms with Crippen molar-refractivity contribution in [2.75, 3.05) is 11.9 Å². The number of H-pyrrole nitrogens is 1. The largest absolute Gasteiger partial charge is 0.416 e. The monoisotopic (exact) mass is 256 g/mol. The fourth-order valence-electron chi connectivity index (χ4n) is 1.45. The maximum Gasteiger partial charge on any atom is 0.416 e. The molecule has 2 rings (SSSR count). The fourth-order valence-corrected chi connectivity index (χ4v) is 1.45. The van der Waals surface area contributed by atoms with Gasteiger partial charge in [0.2, 0.25) is 0 Å².